The second-order valence-corrected chi connectivity index (χ2v) is 4.48. The summed E-state index contributed by atoms with van der Waals surface area (Å²) in [5, 5.41) is 0. The Bertz CT molecular complexity index is 465. The van der Waals surface area contributed by atoms with E-state index in [2.05, 4.69) is 36.9 Å². The van der Waals surface area contributed by atoms with Crippen LogP contribution in [0.25, 0.3) is 0 Å². The Morgan fingerprint density at radius 3 is 2.65 bits per heavy atom. The summed E-state index contributed by atoms with van der Waals surface area (Å²) in [5.41, 5.74) is 3.70. The second kappa shape index (κ2) is 4.62. The van der Waals surface area contributed by atoms with Gasteiger partial charge in [0.05, 0.1) is 6.54 Å². The van der Waals surface area contributed by atoms with E-state index in [0.29, 0.717) is 6.54 Å². The minimum atomic E-state index is -0.247. The average Bonchev–Trinajstić information content (AvgIpc) is 2.68. The quantitative estimate of drug-likeness (QED) is 0.747. The van der Waals surface area contributed by atoms with E-state index in [9.17, 15) is 4.79 Å². The van der Waals surface area contributed by atoms with E-state index >= 15 is 0 Å². The number of cyclic esters (lactones) is 1. The standard InChI is InChI=1S/C14H17NO2/c1-10-4-5-12(8-11(10)2)15(3)9-13-6-7-14(16)17-13/h4-8,13H,9H2,1-3H3. The molecule has 0 fully saturated rings. The largest absolute Gasteiger partial charge is 0.453 e. The molecule has 1 aliphatic heterocycles. The molecule has 1 aromatic rings. The first-order valence-corrected chi connectivity index (χ1v) is 5.73. The Kier molecular flexibility index (Phi) is 3.18. The third-order valence-electron chi connectivity index (χ3n) is 3.10. The van der Waals surface area contributed by atoms with Gasteiger partial charge in [-0.25, -0.2) is 4.79 Å². The molecule has 1 atom stereocenters. The summed E-state index contributed by atoms with van der Waals surface area (Å²) >= 11 is 0. The highest BCUT2D eigenvalue weighted by molar-refractivity contribution is 5.84. The van der Waals surface area contributed by atoms with E-state index < -0.39 is 0 Å². The molecule has 0 amide bonds. The number of benzene rings is 1. The van der Waals surface area contributed by atoms with Gasteiger partial charge in [0.15, 0.2) is 0 Å². The lowest BCUT2D eigenvalue weighted by molar-refractivity contribution is -0.138. The van der Waals surface area contributed by atoms with Crippen LogP contribution in [0, 0.1) is 13.8 Å². The van der Waals surface area contributed by atoms with Crippen molar-refractivity contribution < 1.29 is 9.53 Å². The lowest BCUT2D eigenvalue weighted by atomic mass is 10.1. The molecular weight excluding hydrogens is 214 g/mol. The van der Waals surface area contributed by atoms with Gasteiger partial charge < -0.3 is 9.64 Å². The fourth-order valence-electron chi connectivity index (χ4n) is 1.85. The molecule has 1 heterocycles. The number of esters is 1. The number of anilines is 1. The lowest BCUT2D eigenvalue weighted by Gasteiger charge is -2.22. The maximum Gasteiger partial charge on any atom is 0.331 e. The van der Waals surface area contributed by atoms with Crippen LogP contribution in [-0.2, 0) is 9.53 Å². The Labute approximate surface area is 102 Å². The van der Waals surface area contributed by atoms with Crippen molar-refractivity contribution in [3.63, 3.8) is 0 Å². The molecule has 0 saturated carbocycles. The van der Waals surface area contributed by atoms with Gasteiger partial charge in [0.2, 0.25) is 0 Å². The molecule has 1 aromatic carbocycles. The van der Waals surface area contributed by atoms with Crippen molar-refractivity contribution in [2.45, 2.75) is 20.0 Å². The summed E-state index contributed by atoms with van der Waals surface area (Å²) < 4.78 is 5.12. The minimum absolute atomic E-state index is 0.130. The molecule has 0 N–H and O–H groups in total. The Morgan fingerprint density at radius 1 is 1.29 bits per heavy atom. The third-order valence-corrected chi connectivity index (χ3v) is 3.10. The number of nitrogens with zero attached hydrogens (tertiary/aromatic N) is 1. The normalized spacial score (nSPS) is 18.3. The van der Waals surface area contributed by atoms with Crippen LogP contribution in [0.4, 0.5) is 5.69 Å². The van der Waals surface area contributed by atoms with E-state index in [0.717, 1.165) is 5.69 Å². The van der Waals surface area contributed by atoms with Gasteiger partial charge in [-0.15, -0.1) is 0 Å². The van der Waals surface area contributed by atoms with Gasteiger partial charge in [-0.1, -0.05) is 6.07 Å². The van der Waals surface area contributed by atoms with Crippen molar-refractivity contribution >= 4 is 11.7 Å². The van der Waals surface area contributed by atoms with Gasteiger partial charge in [-0.05, 0) is 43.2 Å². The van der Waals surface area contributed by atoms with Crippen molar-refractivity contribution in [2.75, 3.05) is 18.5 Å². The second-order valence-electron chi connectivity index (χ2n) is 4.48. The van der Waals surface area contributed by atoms with Gasteiger partial charge in [0, 0.05) is 18.8 Å². The molecule has 90 valence electrons. The summed E-state index contributed by atoms with van der Waals surface area (Å²) in [7, 11) is 2.00. The molecule has 0 bridgehead atoms. The molecule has 1 aliphatic rings. The number of likely N-dealkylation sites (N-methyl/N-ethyl adjacent to an activating group) is 1. The molecule has 1 unspecified atom stereocenters. The van der Waals surface area contributed by atoms with E-state index in [1.54, 1.807) is 6.08 Å². The summed E-state index contributed by atoms with van der Waals surface area (Å²) in [5.74, 6) is -0.247. The Hall–Kier alpha value is -1.77. The smallest absolute Gasteiger partial charge is 0.331 e. The maximum absolute atomic E-state index is 10.9. The van der Waals surface area contributed by atoms with Gasteiger partial charge in [-0.3, -0.25) is 0 Å². The lowest BCUT2D eigenvalue weighted by Crippen LogP contribution is -2.28. The van der Waals surface area contributed by atoms with Gasteiger partial charge in [0.25, 0.3) is 0 Å². The number of carbonyl (C=O) groups excluding carboxylic acids is 1. The fraction of sp³-hybridized carbons (Fsp3) is 0.357. The molecule has 17 heavy (non-hydrogen) atoms. The van der Waals surface area contributed by atoms with Crippen molar-refractivity contribution in [2.24, 2.45) is 0 Å². The van der Waals surface area contributed by atoms with Crippen LogP contribution >= 0.6 is 0 Å². The molecule has 3 nitrogen and oxygen atoms in total. The van der Waals surface area contributed by atoms with Crippen molar-refractivity contribution in [1.29, 1.82) is 0 Å². The molecule has 2 rings (SSSR count). The zero-order chi connectivity index (χ0) is 12.4. The first-order valence-electron chi connectivity index (χ1n) is 5.73. The van der Waals surface area contributed by atoms with Crippen LogP contribution in [0.15, 0.2) is 30.4 Å². The molecule has 0 aromatic heterocycles. The first-order chi connectivity index (χ1) is 8.06. The van der Waals surface area contributed by atoms with Gasteiger partial charge >= 0.3 is 5.97 Å². The highest BCUT2D eigenvalue weighted by Crippen LogP contribution is 2.19. The molecule has 0 spiro atoms. The number of rotatable bonds is 3. The summed E-state index contributed by atoms with van der Waals surface area (Å²) in [6, 6.07) is 6.34. The van der Waals surface area contributed by atoms with Crippen molar-refractivity contribution in [1.82, 2.24) is 0 Å². The number of aryl methyl sites for hydroxylation is 2. The van der Waals surface area contributed by atoms with Crippen LogP contribution in [0.3, 0.4) is 0 Å². The molecule has 0 aliphatic carbocycles. The zero-order valence-corrected chi connectivity index (χ0v) is 10.4. The number of hydrogen-bond donors (Lipinski definition) is 0. The Balaban J connectivity index is 2.04. The van der Waals surface area contributed by atoms with E-state index in [-0.39, 0.29) is 12.1 Å². The predicted octanol–water partition coefficient (Wildman–Crippen LogP) is 2.22. The monoisotopic (exact) mass is 231 g/mol. The molecule has 3 heteroatoms. The first kappa shape index (κ1) is 11.7. The average molecular weight is 231 g/mol. The van der Waals surface area contributed by atoms with Gasteiger partial charge in [0.1, 0.15) is 6.10 Å². The Morgan fingerprint density at radius 2 is 2.06 bits per heavy atom. The number of hydrogen-bond acceptors (Lipinski definition) is 3. The number of carbonyl (C=O) groups is 1. The molecule has 0 radical (unpaired) electrons. The van der Waals surface area contributed by atoms with Crippen molar-refractivity contribution in [3.05, 3.63) is 41.5 Å². The minimum Gasteiger partial charge on any atom is -0.453 e. The van der Waals surface area contributed by atoms with E-state index in [1.807, 2.05) is 7.05 Å². The predicted molar refractivity (Wildman–Crippen MR) is 68.2 cm³/mol. The van der Waals surface area contributed by atoms with Crippen molar-refractivity contribution in [3.8, 4) is 0 Å². The molecule has 0 saturated heterocycles. The fourth-order valence-corrected chi connectivity index (χ4v) is 1.85. The maximum atomic E-state index is 10.9. The summed E-state index contributed by atoms with van der Waals surface area (Å²) in [6.45, 7) is 4.88. The van der Waals surface area contributed by atoms with Crippen LogP contribution in [-0.4, -0.2) is 25.7 Å². The van der Waals surface area contributed by atoms with Gasteiger partial charge in [-0.2, -0.15) is 0 Å². The third kappa shape index (κ3) is 2.67. The number of ether oxygens (including phenoxy) is 1. The van der Waals surface area contributed by atoms with E-state index in [4.69, 9.17) is 4.74 Å². The van der Waals surface area contributed by atoms with Crippen LogP contribution in [0.1, 0.15) is 11.1 Å². The highest BCUT2D eigenvalue weighted by atomic mass is 16.5. The van der Waals surface area contributed by atoms with Crippen LogP contribution in [0.2, 0.25) is 0 Å². The zero-order valence-electron chi connectivity index (χ0n) is 10.4. The molecular formula is C14H17NO2. The highest BCUT2D eigenvalue weighted by Gasteiger charge is 2.18. The van der Waals surface area contributed by atoms with Crippen LogP contribution in [0.5, 0.6) is 0 Å². The van der Waals surface area contributed by atoms with E-state index in [1.165, 1.54) is 17.2 Å². The summed E-state index contributed by atoms with van der Waals surface area (Å²) in [4.78, 5) is 13.0. The van der Waals surface area contributed by atoms with Crippen LogP contribution < -0.4 is 4.90 Å². The summed E-state index contributed by atoms with van der Waals surface area (Å²) in [6.07, 6.45) is 3.16. The topological polar surface area (TPSA) is 29.5 Å². The SMILES string of the molecule is Cc1ccc(N(C)CC2C=CC(=O)O2)cc1C.